The topological polar surface area (TPSA) is 79.3 Å². The van der Waals surface area contributed by atoms with Crippen LogP contribution >= 0.6 is 0 Å². The molecule has 0 saturated heterocycles. The summed E-state index contributed by atoms with van der Waals surface area (Å²) in [6, 6.07) is 10.00. The van der Waals surface area contributed by atoms with Crippen LogP contribution in [-0.4, -0.2) is 22.0 Å². The lowest BCUT2D eigenvalue weighted by Crippen LogP contribution is -2.08. The minimum atomic E-state index is -1.05. The third-order valence-corrected chi connectivity index (χ3v) is 2.53. The average molecular weight is 256 g/mol. The van der Waals surface area contributed by atoms with E-state index in [0.29, 0.717) is 16.9 Å². The number of carbonyl (C=O) groups excluding carboxylic acids is 1. The Morgan fingerprint density at radius 2 is 1.89 bits per heavy atom. The van der Waals surface area contributed by atoms with E-state index >= 15 is 0 Å². The summed E-state index contributed by atoms with van der Waals surface area (Å²) in [6.45, 7) is 1.40. The number of rotatable bonds is 3. The van der Waals surface area contributed by atoms with Gasteiger partial charge in [0.25, 0.3) is 0 Å². The average Bonchev–Trinajstić information content (AvgIpc) is 2.38. The molecular formula is C14H12N2O3. The first-order chi connectivity index (χ1) is 9.09. The third-order valence-electron chi connectivity index (χ3n) is 2.53. The second-order valence-electron chi connectivity index (χ2n) is 3.93. The van der Waals surface area contributed by atoms with Crippen LogP contribution in [0.15, 0.2) is 42.6 Å². The number of carbonyl (C=O) groups is 2. The van der Waals surface area contributed by atoms with Crippen LogP contribution in [0.25, 0.3) is 11.3 Å². The Kier molecular flexibility index (Phi) is 3.56. The summed E-state index contributed by atoms with van der Waals surface area (Å²) in [5.41, 5.74) is 1.55. The van der Waals surface area contributed by atoms with Gasteiger partial charge in [0.2, 0.25) is 5.91 Å². The van der Waals surface area contributed by atoms with Crippen LogP contribution < -0.4 is 5.32 Å². The number of hydrogen-bond acceptors (Lipinski definition) is 3. The molecule has 0 atom stereocenters. The summed E-state index contributed by atoms with van der Waals surface area (Å²) in [5, 5.41) is 11.8. The molecule has 2 aromatic rings. The lowest BCUT2D eigenvalue weighted by atomic mass is 10.0. The van der Waals surface area contributed by atoms with Crippen molar-refractivity contribution < 1.29 is 14.7 Å². The number of nitrogens with one attached hydrogen (secondary N) is 1. The van der Waals surface area contributed by atoms with Crippen molar-refractivity contribution in [1.82, 2.24) is 4.98 Å². The smallest absolute Gasteiger partial charge is 0.337 e. The lowest BCUT2D eigenvalue weighted by molar-refractivity contribution is -0.114. The highest BCUT2D eigenvalue weighted by Gasteiger charge is 2.15. The Bertz CT molecular complexity index is 638. The fraction of sp³-hybridized carbons (Fsp3) is 0.0714. The monoisotopic (exact) mass is 256 g/mol. The van der Waals surface area contributed by atoms with Crippen LogP contribution in [0.4, 0.5) is 5.69 Å². The van der Waals surface area contributed by atoms with Crippen molar-refractivity contribution >= 4 is 17.6 Å². The molecule has 0 bridgehead atoms. The van der Waals surface area contributed by atoms with Gasteiger partial charge in [-0.15, -0.1) is 0 Å². The summed E-state index contributed by atoms with van der Waals surface area (Å²) >= 11 is 0. The zero-order valence-electron chi connectivity index (χ0n) is 10.3. The van der Waals surface area contributed by atoms with Crippen molar-refractivity contribution in [2.75, 3.05) is 5.32 Å². The van der Waals surface area contributed by atoms with E-state index in [1.165, 1.54) is 19.2 Å². The number of pyridine rings is 1. The van der Waals surface area contributed by atoms with Gasteiger partial charge >= 0.3 is 5.97 Å². The Labute approximate surface area is 109 Å². The summed E-state index contributed by atoms with van der Waals surface area (Å²) < 4.78 is 0. The molecule has 19 heavy (non-hydrogen) atoms. The number of nitrogens with zero attached hydrogens (tertiary/aromatic N) is 1. The molecule has 0 aliphatic rings. The molecule has 1 aromatic heterocycles. The maximum absolute atomic E-state index is 11.2. The van der Waals surface area contributed by atoms with Crippen LogP contribution in [0.2, 0.25) is 0 Å². The van der Waals surface area contributed by atoms with Gasteiger partial charge in [0, 0.05) is 18.7 Å². The number of aromatic nitrogens is 1. The molecule has 1 amide bonds. The number of carboxylic acid groups (broad SMARTS) is 1. The molecule has 1 heterocycles. The van der Waals surface area contributed by atoms with Gasteiger partial charge in [-0.1, -0.05) is 18.2 Å². The number of para-hydroxylation sites is 1. The first-order valence-electron chi connectivity index (χ1n) is 5.65. The van der Waals surface area contributed by atoms with E-state index in [0.717, 1.165) is 0 Å². The van der Waals surface area contributed by atoms with E-state index < -0.39 is 5.97 Å². The standard InChI is InChI=1S/C14H12N2O3/c1-9(17)16-12-7-3-2-5-10(12)13-11(14(18)19)6-4-8-15-13/h2-8H,1H3,(H,16,17)(H,18,19). The third kappa shape index (κ3) is 2.77. The lowest BCUT2D eigenvalue weighted by Gasteiger charge is -2.10. The molecule has 0 aliphatic heterocycles. The van der Waals surface area contributed by atoms with Crippen molar-refractivity contribution in [3.8, 4) is 11.3 Å². The van der Waals surface area contributed by atoms with Crippen molar-refractivity contribution in [1.29, 1.82) is 0 Å². The summed E-state index contributed by atoms with van der Waals surface area (Å²) in [7, 11) is 0. The minimum absolute atomic E-state index is 0.0975. The molecule has 0 radical (unpaired) electrons. The first kappa shape index (κ1) is 12.8. The van der Waals surface area contributed by atoms with E-state index in [4.69, 9.17) is 0 Å². The molecule has 1 aromatic carbocycles. The van der Waals surface area contributed by atoms with E-state index in [-0.39, 0.29) is 11.5 Å². The Morgan fingerprint density at radius 3 is 2.58 bits per heavy atom. The summed E-state index contributed by atoms with van der Waals surface area (Å²) in [4.78, 5) is 26.5. The second kappa shape index (κ2) is 5.30. The molecule has 5 nitrogen and oxygen atoms in total. The highest BCUT2D eigenvalue weighted by Crippen LogP contribution is 2.28. The van der Waals surface area contributed by atoms with Gasteiger partial charge in [0.05, 0.1) is 16.9 Å². The Hall–Kier alpha value is -2.69. The van der Waals surface area contributed by atoms with Crippen LogP contribution in [0.5, 0.6) is 0 Å². The molecule has 96 valence electrons. The normalized spacial score (nSPS) is 9.95. The minimum Gasteiger partial charge on any atom is -0.478 e. The summed E-state index contributed by atoms with van der Waals surface area (Å²) in [6.07, 6.45) is 1.52. The number of amides is 1. The van der Waals surface area contributed by atoms with Gasteiger partial charge in [-0.25, -0.2) is 4.79 Å². The Morgan fingerprint density at radius 1 is 1.16 bits per heavy atom. The predicted molar refractivity (Wildman–Crippen MR) is 70.9 cm³/mol. The van der Waals surface area contributed by atoms with Crippen LogP contribution in [0, 0.1) is 0 Å². The SMILES string of the molecule is CC(=O)Nc1ccccc1-c1ncccc1C(=O)O. The fourth-order valence-corrected chi connectivity index (χ4v) is 1.78. The van der Waals surface area contributed by atoms with Gasteiger partial charge in [0.1, 0.15) is 0 Å². The van der Waals surface area contributed by atoms with Gasteiger partial charge in [0.15, 0.2) is 0 Å². The molecule has 2 rings (SSSR count). The number of benzene rings is 1. The summed E-state index contributed by atoms with van der Waals surface area (Å²) in [5.74, 6) is -1.28. The molecular weight excluding hydrogens is 244 g/mol. The number of carboxylic acids is 1. The van der Waals surface area contributed by atoms with E-state index in [2.05, 4.69) is 10.3 Å². The van der Waals surface area contributed by atoms with Gasteiger partial charge < -0.3 is 10.4 Å². The maximum Gasteiger partial charge on any atom is 0.337 e. The van der Waals surface area contributed by atoms with E-state index in [1.807, 2.05) is 0 Å². The highest BCUT2D eigenvalue weighted by atomic mass is 16.4. The molecule has 0 aliphatic carbocycles. The van der Waals surface area contributed by atoms with E-state index in [1.54, 1.807) is 30.3 Å². The van der Waals surface area contributed by atoms with Crippen molar-refractivity contribution in [2.24, 2.45) is 0 Å². The maximum atomic E-state index is 11.2. The predicted octanol–water partition coefficient (Wildman–Crippen LogP) is 2.41. The molecule has 0 saturated carbocycles. The number of anilines is 1. The first-order valence-corrected chi connectivity index (χ1v) is 5.65. The van der Waals surface area contributed by atoms with Gasteiger partial charge in [-0.05, 0) is 18.2 Å². The highest BCUT2D eigenvalue weighted by molar-refractivity contribution is 5.99. The number of aromatic carboxylic acids is 1. The molecule has 0 unspecified atom stereocenters. The van der Waals surface area contributed by atoms with Gasteiger partial charge in [-0.3, -0.25) is 9.78 Å². The largest absolute Gasteiger partial charge is 0.478 e. The second-order valence-corrected chi connectivity index (χ2v) is 3.93. The van der Waals surface area contributed by atoms with Crippen LogP contribution in [0.1, 0.15) is 17.3 Å². The van der Waals surface area contributed by atoms with Gasteiger partial charge in [-0.2, -0.15) is 0 Å². The van der Waals surface area contributed by atoms with Crippen LogP contribution in [0.3, 0.4) is 0 Å². The van der Waals surface area contributed by atoms with Crippen LogP contribution in [-0.2, 0) is 4.79 Å². The molecule has 0 fully saturated rings. The molecule has 0 spiro atoms. The fourth-order valence-electron chi connectivity index (χ4n) is 1.78. The zero-order chi connectivity index (χ0) is 13.8. The van der Waals surface area contributed by atoms with Crippen molar-refractivity contribution in [3.63, 3.8) is 0 Å². The molecule has 2 N–H and O–H groups in total. The van der Waals surface area contributed by atoms with E-state index in [9.17, 15) is 14.7 Å². The Balaban J connectivity index is 2.59. The van der Waals surface area contributed by atoms with Crippen molar-refractivity contribution in [3.05, 3.63) is 48.2 Å². The molecule has 5 heteroatoms. The zero-order valence-corrected chi connectivity index (χ0v) is 10.3. The number of hydrogen-bond donors (Lipinski definition) is 2. The quantitative estimate of drug-likeness (QED) is 0.883. The van der Waals surface area contributed by atoms with Crippen molar-refractivity contribution in [2.45, 2.75) is 6.92 Å².